The molecule has 0 amide bonds. The fourth-order valence-corrected chi connectivity index (χ4v) is 4.89. The largest absolute Gasteiger partial charge is 0.497 e. The molecule has 0 aliphatic rings. The van der Waals surface area contributed by atoms with Gasteiger partial charge in [-0.1, -0.05) is 59.7 Å². The summed E-state index contributed by atoms with van der Waals surface area (Å²) in [5.41, 5.74) is 9.61. The number of fused-ring (bicyclic) bond motifs is 4. The molecule has 0 unspecified atom stereocenters. The van der Waals surface area contributed by atoms with Crippen LogP contribution in [0, 0.1) is 20.8 Å². The Hall–Kier alpha value is -4.44. The number of pyridine rings is 2. The lowest BCUT2D eigenvalue weighted by Gasteiger charge is -2.18. The quantitative estimate of drug-likeness (QED) is 0.208. The standard InChI is InChI=1S/C32H27N3O/c1-19-8-13-23(14-9-19)33-32-29-28(22-11-15-24(36-4)16-12-22)26-18-20(2)10-17-27(26)34-31(29)25-7-5-6-21(3)30(25)35-32/h5-18H,1-4H3,(H,33,35). The smallest absolute Gasteiger partial charge is 0.141 e. The fourth-order valence-electron chi connectivity index (χ4n) is 4.89. The summed E-state index contributed by atoms with van der Waals surface area (Å²) < 4.78 is 5.45. The lowest BCUT2D eigenvalue weighted by atomic mass is 9.94. The van der Waals surface area contributed by atoms with E-state index in [9.17, 15) is 0 Å². The van der Waals surface area contributed by atoms with Gasteiger partial charge in [0, 0.05) is 22.0 Å². The Morgan fingerprint density at radius 3 is 2.19 bits per heavy atom. The van der Waals surface area contributed by atoms with Gasteiger partial charge < -0.3 is 10.1 Å². The Bertz CT molecular complexity index is 1750. The highest BCUT2D eigenvalue weighted by Gasteiger charge is 2.19. The number of methoxy groups -OCH3 is 1. The molecule has 0 bridgehead atoms. The predicted molar refractivity (Wildman–Crippen MR) is 150 cm³/mol. The number of para-hydroxylation sites is 1. The number of hydrogen-bond donors (Lipinski definition) is 1. The first-order chi connectivity index (χ1) is 17.5. The summed E-state index contributed by atoms with van der Waals surface area (Å²) in [5, 5.41) is 6.80. The first kappa shape index (κ1) is 22.1. The zero-order chi connectivity index (χ0) is 24.8. The van der Waals surface area contributed by atoms with Gasteiger partial charge >= 0.3 is 0 Å². The number of ether oxygens (including phenoxy) is 1. The zero-order valence-corrected chi connectivity index (χ0v) is 20.9. The molecule has 0 radical (unpaired) electrons. The van der Waals surface area contributed by atoms with Crippen molar-refractivity contribution in [3.63, 3.8) is 0 Å². The predicted octanol–water partition coefficient (Wildman–Crippen LogP) is 8.28. The molecule has 4 aromatic carbocycles. The van der Waals surface area contributed by atoms with Crippen molar-refractivity contribution in [3.8, 4) is 16.9 Å². The highest BCUT2D eigenvalue weighted by molar-refractivity contribution is 6.20. The average molecular weight is 470 g/mol. The number of benzene rings is 4. The van der Waals surface area contributed by atoms with Crippen molar-refractivity contribution in [2.75, 3.05) is 12.4 Å². The molecule has 0 saturated heterocycles. The van der Waals surface area contributed by atoms with Gasteiger partial charge in [0.25, 0.3) is 0 Å². The van der Waals surface area contributed by atoms with Crippen molar-refractivity contribution in [1.29, 1.82) is 0 Å². The van der Waals surface area contributed by atoms with E-state index < -0.39 is 0 Å². The number of aromatic nitrogens is 2. The lowest BCUT2D eigenvalue weighted by Crippen LogP contribution is -2.01. The average Bonchev–Trinajstić information content (AvgIpc) is 2.89. The molecule has 1 N–H and O–H groups in total. The van der Waals surface area contributed by atoms with Crippen LogP contribution in [0.25, 0.3) is 43.8 Å². The maximum absolute atomic E-state index is 5.45. The third kappa shape index (κ3) is 3.72. The normalized spacial score (nSPS) is 11.3. The molecule has 0 atom stereocenters. The summed E-state index contributed by atoms with van der Waals surface area (Å²) in [6.07, 6.45) is 0. The first-order valence-electron chi connectivity index (χ1n) is 12.1. The van der Waals surface area contributed by atoms with Crippen LogP contribution in [0.1, 0.15) is 16.7 Å². The van der Waals surface area contributed by atoms with E-state index in [1.54, 1.807) is 7.11 Å². The van der Waals surface area contributed by atoms with Crippen LogP contribution in [0.4, 0.5) is 11.5 Å². The van der Waals surface area contributed by atoms with Crippen molar-refractivity contribution in [3.05, 3.63) is 102 Å². The van der Waals surface area contributed by atoms with E-state index in [4.69, 9.17) is 14.7 Å². The molecule has 0 aliphatic carbocycles. The van der Waals surface area contributed by atoms with Crippen molar-refractivity contribution < 1.29 is 4.74 Å². The van der Waals surface area contributed by atoms with Crippen LogP contribution in [0.2, 0.25) is 0 Å². The summed E-state index contributed by atoms with van der Waals surface area (Å²) in [5.74, 6) is 1.63. The molecular formula is C32H27N3O. The van der Waals surface area contributed by atoms with Crippen LogP contribution in [0.5, 0.6) is 5.75 Å². The summed E-state index contributed by atoms with van der Waals surface area (Å²) in [6.45, 7) is 6.32. The molecule has 36 heavy (non-hydrogen) atoms. The third-order valence-corrected chi connectivity index (χ3v) is 6.79. The van der Waals surface area contributed by atoms with Crippen LogP contribution >= 0.6 is 0 Å². The SMILES string of the molecule is COc1ccc(-c2c3cc(C)ccc3nc3c2c(Nc2ccc(C)cc2)nc2c(C)cccc23)cc1. The van der Waals surface area contributed by atoms with Gasteiger partial charge in [-0.25, -0.2) is 9.97 Å². The van der Waals surface area contributed by atoms with Crippen LogP contribution in [0.15, 0.2) is 84.9 Å². The molecule has 176 valence electrons. The second kappa shape index (κ2) is 8.65. The maximum atomic E-state index is 5.45. The van der Waals surface area contributed by atoms with Gasteiger partial charge in [0.2, 0.25) is 0 Å². The summed E-state index contributed by atoms with van der Waals surface area (Å²) in [4.78, 5) is 10.4. The Morgan fingerprint density at radius 2 is 1.44 bits per heavy atom. The highest BCUT2D eigenvalue weighted by atomic mass is 16.5. The van der Waals surface area contributed by atoms with Crippen LogP contribution < -0.4 is 10.1 Å². The minimum atomic E-state index is 0.803. The first-order valence-corrected chi connectivity index (χ1v) is 12.1. The molecule has 4 nitrogen and oxygen atoms in total. The van der Waals surface area contributed by atoms with Crippen molar-refractivity contribution in [1.82, 2.24) is 9.97 Å². The Morgan fingerprint density at radius 1 is 0.694 bits per heavy atom. The minimum Gasteiger partial charge on any atom is -0.497 e. The van der Waals surface area contributed by atoms with E-state index in [1.165, 1.54) is 11.1 Å². The topological polar surface area (TPSA) is 47.0 Å². The fraction of sp³-hybridized carbons (Fsp3) is 0.125. The second-order valence-electron chi connectivity index (χ2n) is 9.38. The summed E-state index contributed by atoms with van der Waals surface area (Å²) >= 11 is 0. The second-order valence-corrected chi connectivity index (χ2v) is 9.38. The van der Waals surface area contributed by atoms with E-state index in [-0.39, 0.29) is 0 Å². The van der Waals surface area contributed by atoms with Crippen molar-refractivity contribution in [2.24, 2.45) is 0 Å². The number of anilines is 2. The van der Waals surface area contributed by atoms with Crippen LogP contribution in [-0.4, -0.2) is 17.1 Å². The van der Waals surface area contributed by atoms with Gasteiger partial charge in [0.05, 0.1) is 29.0 Å². The van der Waals surface area contributed by atoms with Crippen molar-refractivity contribution in [2.45, 2.75) is 20.8 Å². The van der Waals surface area contributed by atoms with Crippen molar-refractivity contribution >= 4 is 44.2 Å². The Balaban J connectivity index is 1.78. The molecule has 0 spiro atoms. The molecule has 2 heterocycles. The van der Waals surface area contributed by atoms with Gasteiger partial charge in [-0.05, 0) is 68.3 Å². The molecule has 0 fully saturated rings. The van der Waals surface area contributed by atoms with E-state index in [0.717, 1.165) is 66.7 Å². The molecular weight excluding hydrogens is 442 g/mol. The van der Waals surface area contributed by atoms with Crippen LogP contribution in [-0.2, 0) is 0 Å². The number of aryl methyl sites for hydroxylation is 3. The monoisotopic (exact) mass is 469 g/mol. The highest BCUT2D eigenvalue weighted by Crippen LogP contribution is 2.42. The minimum absolute atomic E-state index is 0.803. The van der Waals surface area contributed by atoms with E-state index >= 15 is 0 Å². The molecule has 6 rings (SSSR count). The molecule has 4 heteroatoms. The lowest BCUT2D eigenvalue weighted by molar-refractivity contribution is 0.415. The van der Waals surface area contributed by atoms with Gasteiger partial charge in [-0.3, -0.25) is 0 Å². The number of nitrogens with zero attached hydrogens (tertiary/aromatic N) is 2. The number of nitrogens with one attached hydrogen (secondary N) is 1. The summed E-state index contributed by atoms with van der Waals surface area (Å²) in [7, 11) is 1.69. The van der Waals surface area contributed by atoms with Crippen LogP contribution in [0.3, 0.4) is 0 Å². The Kier molecular flexibility index (Phi) is 5.30. The molecule has 2 aromatic heterocycles. The third-order valence-electron chi connectivity index (χ3n) is 6.79. The van der Waals surface area contributed by atoms with Gasteiger partial charge in [0.15, 0.2) is 0 Å². The number of rotatable bonds is 4. The zero-order valence-electron chi connectivity index (χ0n) is 20.9. The van der Waals surface area contributed by atoms with E-state index in [2.05, 4.69) is 98.9 Å². The number of hydrogen-bond acceptors (Lipinski definition) is 4. The molecule has 0 aliphatic heterocycles. The van der Waals surface area contributed by atoms with Gasteiger partial charge in [0.1, 0.15) is 11.6 Å². The van der Waals surface area contributed by atoms with E-state index in [0.29, 0.717) is 0 Å². The summed E-state index contributed by atoms with van der Waals surface area (Å²) in [6, 6.07) is 29.4. The van der Waals surface area contributed by atoms with E-state index in [1.807, 2.05) is 12.1 Å². The molecule has 6 aromatic rings. The van der Waals surface area contributed by atoms with Gasteiger partial charge in [-0.15, -0.1) is 0 Å². The maximum Gasteiger partial charge on any atom is 0.141 e. The molecule has 0 saturated carbocycles. The van der Waals surface area contributed by atoms with Gasteiger partial charge in [-0.2, -0.15) is 0 Å². The Labute approximate surface area is 210 Å².